The predicted molar refractivity (Wildman–Crippen MR) is 77.4 cm³/mol. The van der Waals surface area contributed by atoms with Gasteiger partial charge in [-0.3, -0.25) is 9.59 Å². The Morgan fingerprint density at radius 3 is 1.95 bits per heavy atom. The van der Waals surface area contributed by atoms with Gasteiger partial charge in [-0.25, -0.2) is 0 Å². The molecule has 0 saturated heterocycles. The fraction of sp³-hybridized carbons (Fsp3) is 0.0588. The zero-order valence-corrected chi connectivity index (χ0v) is 11.0. The minimum absolute atomic E-state index is 0.0255. The molecule has 3 rings (SSSR count). The van der Waals surface area contributed by atoms with E-state index in [0.29, 0.717) is 22.3 Å². The normalized spacial score (nSPS) is 14.4. The maximum absolute atomic E-state index is 12.6. The first-order valence-corrected chi connectivity index (χ1v) is 6.35. The van der Waals surface area contributed by atoms with E-state index in [1.807, 2.05) is 31.2 Å². The Morgan fingerprint density at radius 1 is 0.800 bits per heavy atom. The molecular formula is C17H13NO2. The van der Waals surface area contributed by atoms with Crippen molar-refractivity contribution >= 4 is 17.1 Å². The summed E-state index contributed by atoms with van der Waals surface area (Å²) in [6, 6.07) is 14.2. The lowest BCUT2D eigenvalue weighted by atomic mass is 9.84. The Balaban J connectivity index is 2.21. The second-order valence-corrected chi connectivity index (χ2v) is 4.86. The first-order valence-electron chi connectivity index (χ1n) is 6.35. The van der Waals surface area contributed by atoms with Crippen molar-refractivity contribution in [2.24, 2.45) is 5.73 Å². The number of rotatable bonds is 1. The zero-order chi connectivity index (χ0) is 14.3. The molecule has 0 heterocycles. The second kappa shape index (κ2) is 4.46. The third-order valence-electron chi connectivity index (χ3n) is 3.50. The van der Waals surface area contributed by atoms with E-state index in [4.69, 9.17) is 5.73 Å². The molecule has 2 aromatic rings. The molecule has 98 valence electrons. The van der Waals surface area contributed by atoms with E-state index in [-0.39, 0.29) is 17.3 Å². The van der Waals surface area contributed by atoms with Crippen LogP contribution in [0.25, 0.3) is 5.57 Å². The van der Waals surface area contributed by atoms with Gasteiger partial charge >= 0.3 is 0 Å². The van der Waals surface area contributed by atoms with Crippen LogP contribution < -0.4 is 5.73 Å². The molecule has 0 bridgehead atoms. The minimum atomic E-state index is -0.282. The summed E-state index contributed by atoms with van der Waals surface area (Å²) in [5.74, 6) is -0.475. The number of nitrogens with two attached hydrogens (primary N) is 1. The summed E-state index contributed by atoms with van der Waals surface area (Å²) in [6.07, 6.45) is 0. The topological polar surface area (TPSA) is 60.2 Å². The highest BCUT2D eigenvalue weighted by Crippen LogP contribution is 2.30. The van der Waals surface area contributed by atoms with Gasteiger partial charge in [0.05, 0.1) is 11.3 Å². The van der Waals surface area contributed by atoms with Gasteiger partial charge in [-0.15, -0.1) is 0 Å². The molecule has 1 aliphatic carbocycles. The molecule has 2 N–H and O–H groups in total. The average molecular weight is 263 g/mol. The summed E-state index contributed by atoms with van der Waals surface area (Å²) in [6.45, 7) is 1.96. The summed E-state index contributed by atoms with van der Waals surface area (Å²) in [5.41, 5.74) is 8.80. The van der Waals surface area contributed by atoms with Crippen LogP contribution in [-0.4, -0.2) is 11.6 Å². The van der Waals surface area contributed by atoms with Crippen molar-refractivity contribution in [3.63, 3.8) is 0 Å². The van der Waals surface area contributed by atoms with Gasteiger partial charge in [-0.05, 0) is 12.5 Å². The fourth-order valence-electron chi connectivity index (χ4n) is 2.40. The van der Waals surface area contributed by atoms with Crippen LogP contribution in [0.1, 0.15) is 31.8 Å². The minimum Gasteiger partial charge on any atom is -0.395 e. The number of carbonyl (C=O) groups is 2. The summed E-state index contributed by atoms with van der Waals surface area (Å²) >= 11 is 0. The number of fused-ring (bicyclic) bond motifs is 1. The predicted octanol–water partition coefficient (Wildman–Crippen LogP) is 2.74. The highest BCUT2D eigenvalue weighted by atomic mass is 16.1. The van der Waals surface area contributed by atoms with E-state index in [1.54, 1.807) is 24.3 Å². The van der Waals surface area contributed by atoms with Gasteiger partial charge in [0.1, 0.15) is 0 Å². The molecule has 0 aliphatic heterocycles. The summed E-state index contributed by atoms with van der Waals surface area (Å²) in [5, 5.41) is 0. The molecule has 1 aliphatic rings. The second-order valence-electron chi connectivity index (χ2n) is 4.86. The zero-order valence-electron chi connectivity index (χ0n) is 11.0. The van der Waals surface area contributed by atoms with Gasteiger partial charge in [-0.2, -0.15) is 0 Å². The molecule has 0 spiro atoms. The lowest BCUT2D eigenvalue weighted by Crippen LogP contribution is -2.25. The van der Waals surface area contributed by atoms with Crippen molar-refractivity contribution in [3.05, 3.63) is 76.5 Å². The van der Waals surface area contributed by atoms with E-state index in [9.17, 15) is 9.59 Å². The van der Waals surface area contributed by atoms with E-state index < -0.39 is 0 Å². The van der Waals surface area contributed by atoms with Crippen LogP contribution in [0.15, 0.2) is 54.2 Å². The average Bonchev–Trinajstić information content (AvgIpc) is 2.47. The number of allylic oxidation sites excluding steroid dienone is 2. The van der Waals surface area contributed by atoms with Crippen molar-refractivity contribution in [1.82, 2.24) is 0 Å². The smallest absolute Gasteiger partial charge is 0.210 e. The molecule has 0 aromatic heterocycles. The molecule has 0 atom stereocenters. The molecule has 0 unspecified atom stereocenters. The van der Waals surface area contributed by atoms with E-state index in [0.717, 1.165) is 5.56 Å². The van der Waals surface area contributed by atoms with Gasteiger partial charge < -0.3 is 5.73 Å². The van der Waals surface area contributed by atoms with Crippen LogP contribution in [-0.2, 0) is 0 Å². The number of Topliss-reactive ketones (excluding diaryl/α,β-unsaturated/α-hetero) is 2. The summed E-state index contributed by atoms with van der Waals surface area (Å²) < 4.78 is 0. The van der Waals surface area contributed by atoms with Crippen LogP contribution in [0.3, 0.4) is 0 Å². The van der Waals surface area contributed by atoms with Crippen LogP contribution >= 0.6 is 0 Å². The number of hydrogen-bond acceptors (Lipinski definition) is 3. The standard InChI is InChI=1S/C17H13NO2/c1-10-6-8-11(9-7-10)14-15(18)17(20)13-5-3-2-4-12(13)16(14)19/h2-9H,18H2,1H3. The fourth-order valence-corrected chi connectivity index (χ4v) is 2.40. The van der Waals surface area contributed by atoms with Gasteiger partial charge in [-0.1, -0.05) is 54.1 Å². The van der Waals surface area contributed by atoms with E-state index >= 15 is 0 Å². The van der Waals surface area contributed by atoms with Crippen molar-refractivity contribution < 1.29 is 9.59 Å². The first kappa shape index (κ1) is 12.4. The van der Waals surface area contributed by atoms with Crippen LogP contribution in [0.2, 0.25) is 0 Å². The molecule has 20 heavy (non-hydrogen) atoms. The Kier molecular flexibility index (Phi) is 2.75. The lowest BCUT2D eigenvalue weighted by molar-refractivity contribution is 0.0990. The summed E-state index contributed by atoms with van der Waals surface area (Å²) in [4.78, 5) is 24.8. The molecule has 0 radical (unpaired) electrons. The van der Waals surface area contributed by atoms with Crippen molar-refractivity contribution in [3.8, 4) is 0 Å². The van der Waals surface area contributed by atoms with Crippen molar-refractivity contribution in [1.29, 1.82) is 0 Å². The summed E-state index contributed by atoms with van der Waals surface area (Å²) in [7, 11) is 0. The Bertz CT molecular complexity index is 755. The van der Waals surface area contributed by atoms with E-state index in [2.05, 4.69) is 0 Å². The number of benzene rings is 2. The van der Waals surface area contributed by atoms with Gasteiger partial charge in [0.25, 0.3) is 0 Å². The number of aryl methyl sites for hydroxylation is 1. The van der Waals surface area contributed by atoms with E-state index in [1.165, 1.54) is 0 Å². The van der Waals surface area contributed by atoms with Crippen LogP contribution in [0.4, 0.5) is 0 Å². The number of ketones is 2. The Morgan fingerprint density at radius 2 is 1.35 bits per heavy atom. The molecule has 3 heteroatoms. The maximum atomic E-state index is 12.6. The van der Waals surface area contributed by atoms with Crippen molar-refractivity contribution in [2.75, 3.05) is 0 Å². The largest absolute Gasteiger partial charge is 0.395 e. The highest BCUT2D eigenvalue weighted by molar-refractivity contribution is 6.40. The maximum Gasteiger partial charge on any atom is 0.210 e. The number of hydrogen-bond donors (Lipinski definition) is 1. The molecule has 3 nitrogen and oxygen atoms in total. The molecule has 0 saturated carbocycles. The van der Waals surface area contributed by atoms with Gasteiger partial charge in [0.2, 0.25) is 5.78 Å². The highest BCUT2D eigenvalue weighted by Gasteiger charge is 2.30. The monoisotopic (exact) mass is 263 g/mol. The SMILES string of the molecule is Cc1ccc(C2=C(N)C(=O)c3ccccc3C2=O)cc1. The Hall–Kier alpha value is -2.68. The third-order valence-corrected chi connectivity index (χ3v) is 3.50. The number of carbonyl (C=O) groups excluding carboxylic acids is 2. The molecule has 0 fully saturated rings. The Labute approximate surface area is 116 Å². The molecule has 0 amide bonds. The van der Waals surface area contributed by atoms with Crippen LogP contribution in [0, 0.1) is 6.92 Å². The molecular weight excluding hydrogens is 250 g/mol. The van der Waals surface area contributed by atoms with Gasteiger partial charge in [0, 0.05) is 11.1 Å². The molecule has 2 aromatic carbocycles. The lowest BCUT2D eigenvalue weighted by Gasteiger charge is -2.18. The third kappa shape index (κ3) is 1.75. The van der Waals surface area contributed by atoms with Crippen LogP contribution in [0.5, 0.6) is 0 Å². The van der Waals surface area contributed by atoms with Crippen molar-refractivity contribution in [2.45, 2.75) is 6.92 Å². The van der Waals surface area contributed by atoms with Gasteiger partial charge in [0.15, 0.2) is 5.78 Å². The quantitative estimate of drug-likeness (QED) is 0.860. The first-order chi connectivity index (χ1) is 9.59.